The zero-order chi connectivity index (χ0) is 9.19. The van der Waals surface area contributed by atoms with Crippen molar-refractivity contribution < 1.29 is 8.76 Å². The molecule has 2 nitrogen and oxygen atoms in total. The molecule has 1 atom stereocenters. The van der Waals surface area contributed by atoms with Crippen molar-refractivity contribution in [2.45, 2.75) is 18.2 Å². The van der Waals surface area contributed by atoms with Crippen molar-refractivity contribution in [1.82, 2.24) is 0 Å². The summed E-state index contributed by atoms with van der Waals surface area (Å²) in [5.41, 5.74) is 1.14. The molecule has 12 heavy (non-hydrogen) atoms. The third kappa shape index (κ3) is 2.27. The summed E-state index contributed by atoms with van der Waals surface area (Å²) in [6.07, 6.45) is 0.921. The van der Waals surface area contributed by atoms with Crippen LogP contribution in [0.5, 0.6) is 0 Å². The van der Waals surface area contributed by atoms with Gasteiger partial charge in [0.25, 0.3) is 0 Å². The minimum absolute atomic E-state index is 0.315. The molecule has 1 aromatic carbocycles. The van der Waals surface area contributed by atoms with Gasteiger partial charge in [-0.2, -0.15) is 0 Å². The van der Waals surface area contributed by atoms with Gasteiger partial charge in [-0.05, 0) is 24.1 Å². The van der Waals surface area contributed by atoms with Gasteiger partial charge in [0.15, 0.2) is 8.77 Å². The largest absolute Gasteiger partial charge is 0.302 e. The molecule has 0 aromatic heterocycles. The van der Waals surface area contributed by atoms with E-state index in [1.165, 1.54) is 0 Å². The first-order chi connectivity index (χ1) is 5.54. The van der Waals surface area contributed by atoms with Gasteiger partial charge >= 0.3 is 0 Å². The molecular weight excluding hydrogens is 192 g/mol. The van der Waals surface area contributed by atoms with Crippen molar-refractivity contribution in [3.05, 3.63) is 29.8 Å². The first kappa shape index (κ1) is 9.64. The maximum atomic E-state index is 11.0. The lowest BCUT2D eigenvalue weighted by molar-refractivity contribution is 0.561. The van der Waals surface area contributed by atoms with E-state index in [0.29, 0.717) is 4.90 Å². The molecule has 0 aliphatic heterocycles. The number of rotatable bonds is 2. The predicted molar refractivity (Wildman–Crippen MR) is 52.2 cm³/mol. The molecule has 0 spiro atoms. The highest BCUT2D eigenvalue weighted by Gasteiger charge is 2.03. The molecule has 1 N–H and O–H groups in total. The second kappa shape index (κ2) is 3.51. The molecule has 0 amide bonds. The highest BCUT2D eigenvalue weighted by molar-refractivity contribution is 8.29. The molecule has 0 radical (unpaired) electrons. The Labute approximate surface area is 77.1 Å². The number of aryl methyl sites for hydroxylation is 1. The van der Waals surface area contributed by atoms with E-state index in [4.69, 9.17) is 4.55 Å². The summed E-state index contributed by atoms with van der Waals surface area (Å²) in [6.45, 7) is 2.03. The Kier molecular flexibility index (Phi) is 2.82. The summed E-state index contributed by atoms with van der Waals surface area (Å²) in [7, 11) is -3.19. The van der Waals surface area contributed by atoms with Crippen LogP contribution in [0.3, 0.4) is 0 Å². The van der Waals surface area contributed by atoms with E-state index in [2.05, 4.69) is 11.2 Å². The first-order valence-corrected chi connectivity index (χ1v) is 6.04. The van der Waals surface area contributed by atoms with Gasteiger partial charge in [-0.15, -0.1) is 0 Å². The van der Waals surface area contributed by atoms with Gasteiger partial charge in [0.1, 0.15) is 0 Å². The van der Waals surface area contributed by atoms with E-state index in [0.717, 1.165) is 12.0 Å². The highest BCUT2D eigenvalue weighted by Crippen LogP contribution is 2.10. The molecule has 0 bridgehead atoms. The summed E-state index contributed by atoms with van der Waals surface area (Å²) >= 11 is 4.41. The fourth-order valence-electron chi connectivity index (χ4n) is 0.897. The van der Waals surface area contributed by atoms with E-state index < -0.39 is 8.77 Å². The maximum Gasteiger partial charge on any atom is 0.171 e. The van der Waals surface area contributed by atoms with Crippen molar-refractivity contribution in [2.75, 3.05) is 0 Å². The molecule has 0 fully saturated rings. The SMILES string of the molecule is CCc1ccc(S(=O)(O)=S)cc1. The van der Waals surface area contributed by atoms with Crippen LogP contribution in [0.1, 0.15) is 12.5 Å². The summed E-state index contributed by atoms with van der Waals surface area (Å²) < 4.78 is 20.0. The van der Waals surface area contributed by atoms with Crippen molar-refractivity contribution in [3.63, 3.8) is 0 Å². The van der Waals surface area contributed by atoms with Crippen LogP contribution in [0.4, 0.5) is 0 Å². The van der Waals surface area contributed by atoms with Crippen LogP contribution in [0.15, 0.2) is 29.2 Å². The van der Waals surface area contributed by atoms with E-state index in [1.807, 2.05) is 19.1 Å². The Balaban J connectivity index is 3.09. The predicted octanol–water partition coefficient (Wildman–Crippen LogP) is 1.83. The smallest absolute Gasteiger partial charge is 0.171 e. The topological polar surface area (TPSA) is 37.3 Å². The Morgan fingerprint density at radius 2 is 1.92 bits per heavy atom. The average molecular weight is 202 g/mol. The molecule has 4 heteroatoms. The fourth-order valence-corrected chi connectivity index (χ4v) is 1.71. The summed E-state index contributed by atoms with van der Waals surface area (Å²) in [6, 6.07) is 6.84. The average Bonchev–Trinajstić information content (AvgIpc) is 2.03. The van der Waals surface area contributed by atoms with E-state index in [1.54, 1.807) is 12.1 Å². The van der Waals surface area contributed by atoms with Crippen LogP contribution in [-0.4, -0.2) is 8.76 Å². The van der Waals surface area contributed by atoms with Gasteiger partial charge in [0.05, 0.1) is 4.90 Å². The zero-order valence-electron chi connectivity index (χ0n) is 6.69. The van der Waals surface area contributed by atoms with Crippen molar-refractivity contribution in [3.8, 4) is 0 Å². The van der Waals surface area contributed by atoms with Gasteiger partial charge in [-0.1, -0.05) is 19.1 Å². The molecule has 1 unspecified atom stereocenters. The molecule has 1 aromatic rings. The van der Waals surface area contributed by atoms with E-state index >= 15 is 0 Å². The quantitative estimate of drug-likeness (QED) is 0.795. The van der Waals surface area contributed by atoms with Crippen LogP contribution < -0.4 is 0 Å². The van der Waals surface area contributed by atoms with Crippen molar-refractivity contribution in [2.24, 2.45) is 0 Å². The molecule has 0 saturated carbocycles. The van der Waals surface area contributed by atoms with Crippen molar-refractivity contribution in [1.29, 1.82) is 0 Å². The molecule has 0 saturated heterocycles. The Bertz CT molecular complexity index is 351. The molecule has 0 aliphatic rings. The van der Waals surface area contributed by atoms with Crippen molar-refractivity contribution >= 4 is 20.0 Å². The Hall–Kier alpha value is -0.450. The number of hydrogen-bond donors (Lipinski definition) is 1. The normalized spacial score (nSPS) is 15.5. The minimum atomic E-state index is -3.19. The van der Waals surface area contributed by atoms with Crippen LogP contribution in [0.25, 0.3) is 0 Å². The standard InChI is InChI=1S/C8H10O2S2/c1-2-7-3-5-8(6-4-7)12(9,10)11/h3-6H,2H2,1H3,(H,9,10,11). The molecule has 66 valence electrons. The maximum absolute atomic E-state index is 11.0. The van der Waals surface area contributed by atoms with Gasteiger partial charge in [-0.25, -0.2) is 4.21 Å². The second-order valence-electron chi connectivity index (χ2n) is 2.47. The lowest BCUT2D eigenvalue weighted by atomic mass is 10.2. The third-order valence-corrected chi connectivity index (χ3v) is 3.07. The second-order valence-corrected chi connectivity index (χ2v) is 5.25. The Morgan fingerprint density at radius 1 is 1.42 bits per heavy atom. The molecule has 0 heterocycles. The fraction of sp³-hybridized carbons (Fsp3) is 0.250. The first-order valence-electron chi connectivity index (χ1n) is 3.60. The molecular formula is C8H10O2S2. The van der Waals surface area contributed by atoms with Crippen LogP contribution in [0.2, 0.25) is 0 Å². The molecule has 0 aliphatic carbocycles. The lowest BCUT2D eigenvalue weighted by Crippen LogP contribution is -1.95. The summed E-state index contributed by atoms with van der Waals surface area (Å²) in [5, 5.41) is 0. The zero-order valence-corrected chi connectivity index (χ0v) is 8.32. The number of benzene rings is 1. The van der Waals surface area contributed by atoms with Crippen LogP contribution in [-0.2, 0) is 26.4 Å². The minimum Gasteiger partial charge on any atom is -0.302 e. The molecule has 1 rings (SSSR count). The third-order valence-electron chi connectivity index (χ3n) is 1.63. The number of hydrogen-bond acceptors (Lipinski definition) is 2. The van der Waals surface area contributed by atoms with Gasteiger partial charge < -0.3 is 4.55 Å². The van der Waals surface area contributed by atoms with Crippen LogP contribution in [0, 0.1) is 0 Å². The van der Waals surface area contributed by atoms with E-state index in [9.17, 15) is 4.21 Å². The summed E-state index contributed by atoms with van der Waals surface area (Å²) in [5.74, 6) is 0. The Morgan fingerprint density at radius 3 is 2.25 bits per heavy atom. The van der Waals surface area contributed by atoms with Gasteiger partial charge in [0.2, 0.25) is 0 Å². The van der Waals surface area contributed by atoms with E-state index in [-0.39, 0.29) is 0 Å². The lowest BCUT2D eigenvalue weighted by Gasteiger charge is -2.00. The van der Waals surface area contributed by atoms with Gasteiger partial charge in [0, 0.05) is 11.2 Å². The van der Waals surface area contributed by atoms with Gasteiger partial charge in [-0.3, -0.25) is 0 Å². The monoisotopic (exact) mass is 202 g/mol. The highest BCUT2D eigenvalue weighted by atomic mass is 32.8. The summed E-state index contributed by atoms with van der Waals surface area (Å²) in [4.78, 5) is 0.315. The van der Waals surface area contributed by atoms with Crippen LogP contribution >= 0.6 is 0 Å².